The van der Waals surface area contributed by atoms with Crippen molar-refractivity contribution in [2.45, 2.75) is 43.1 Å². The van der Waals surface area contributed by atoms with Crippen LogP contribution in [0, 0.1) is 23.3 Å². The lowest BCUT2D eigenvalue weighted by atomic mass is 9.84. The minimum atomic E-state index is -4.66. The Bertz CT molecular complexity index is 1620. The van der Waals surface area contributed by atoms with Gasteiger partial charge >= 0.3 is 18.4 Å². The molecule has 1 aliphatic rings. The number of alkyl halides is 3. The number of nitrogens with one attached hydrogen (secondary N) is 4. The van der Waals surface area contributed by atoms with Gasteiger partial charge in [0.2, 0.25) is 5.91 Å². The van der Waals surface area contributed by atoms with Crippen LogP contribution in [0.15, 0.2) is 54.9 Å². The lowest BCUT2D eigenvalue weighted by molar-refractivity contribution is -0.160. The van der Waals surface area contributed by atoms with Gasteiger partial charge in [0.15, 0.2) is 6.61 Å². The van der Waals surface area contributed by atoms with Crippen LogP contribution in [-0.4, -0.2) is 80.9 Å². The molecule has 2 unspecified atom stereocenters. The van der Waals surface area contributed by atoms with Crippen molar-refractivity contribution in [3.63, 3.8) is 0 Å². The molecule has 4 atom stereocenters. The molecule has 1 aliphatic heterocycles. The number of alkyl carbamates (subject to hydrolysis) is 2. The Kier molecular flexibility index (Phi) is 12.9. The molecule has 3 amide bonds. The fourth-order valence-electron chi connectivity index (χ4n) is 5.22. The third-order valence-electron chi connectivity index (χ3n) is 7.55. The predicted molar refractivity (Wildman–Crippen MR) is 162 cm³/mol. The molecule has 1 fully saturated rings. The van der Waals surface area contributed by atoms with E-state index in [9.17, 15) is 40.7 Å². The quantitative estimate of drug-likeness (QED) is 0.198. The number of rotatable bonds is 12. The van der Waals surface area contributed by atoms with E-state index in [2.05, 4.69) is 35.7 Å². The number of pyridine rings is 1. The van der Waals surface area contributed by atoms with Gasteiger partial charge in [0.25, 0.3) is 0 Å². The second-order valence-corrected chi connectivity index (χ2v) is 11.2. The first kappa shape index (κ1) is 37.8. The highest BCUT2D eigenvalue weighted by Crippen LogP contribution is 2.31. The molecule has 270 valence electrons. The van der Waals surface area contributed by atoms with Gasteiger partial charge in [0, 0.05) is 36.7 Å². The van der Waals surface area contributed by atoms with Crippen molar-refractivity contribution >= 4 is 23.8 Å². The molecule has 11 nitrogen and oxygen atoms in total. The molecule has 18 heteroatoms. The fourth-order valence-corrected chi connectivity index (χ4v) is 5.22. The van der Waals surface area contributed by atoms with Gasteiger partial charge in [-0.25, -0.2) is 27.2 Å². The monoisotopic (exact) mass is 715 g/mol. The molecule has 4 rings (SSSR count). The van der Waals surface area contributed by atoms with E-state index in [4.69, 9.17) is 4.74 Å². The van der Waals surface area contributed by atoms with Crippen molar-refractivity contribution in [1.82, 2.24) is 20.9 Å². The number of halogens is 7. The first-order valence-corrected chi connectivity index (χ1v) is 15.0. The highest BCUT2D eigenvalue weighted by molar-refractivity contribution is 5.98. The summed E-state index contributed by atoms with van der Waals surface area (Å²) >= 11 is 0. The summed E-state index contributed by atoms with van der Waals surface area (Å²) in [5, 5.41) is 10.2. The Balaban J connectivity index is 1.47. The van der Waals surface area contributed by atoms with E-state index in [1.54, 1.807) is 0 Å². The van der Waals surface area contributed by atoms with Crippen LogP contribution in [0.3, 0.4) is 0 Å². The van der Waals surface area contributed by atoms with Crippen molar-refractivity contribution in [2.75, 3.05) is 38.7 Å². The summed E-state index contributed by atoms with van der Waals surface area (Å²) in [5.41, 5.74) is 0.0364. The van der Waals surface area contributed by atoms with Gasteiger partial charge < -0.3 is 35.5 Å². The van der Waals surface area contributed by atoms with E-state index in [0.717, 1.165) is 37.6 Å². The molecule has 1 aromatic heterocycles. The van der Waals surface area contributed by atoms with Crippen LogP contribution in [0.1, 0.15) is 29.0 Å². The molecule has 1 saturated heterocycles. The molecule has 2 aromatic carbocycles. The smallest absolute Gasteiger partial charge is 0.422 e. The minimum Gasteiger partial charge on any atom is -0.453 e. The first-order valence-electron chi connectivity index (χ1n) is 15.0. The number of carbonyl (C=O) groups is 3. The normalized spacial score (nSPS) is 17.3. The third kappa shape index (κ3) is 11.0. The van der Waals surface area contributed by atoms with Gasteiger partial charge in [-0.05, 0) is 48.2 Å². The molecule has 2 heterocycles. The van der Waals surface area contributed by atoms with E-state index < -0.39 is 78.3 Å². The first-order chi connectivity index (χ1) is 23.7. The summed E-state index contributed by atoms with van der Waals surface area (Å²) in [5.74, 6) is -5.63. The minimum absolute atomic E-state index is 0.00853. The van der Waals surface area contributed by atoms with Gasteiger partial charge in [-0.2, -0.15) is 13.2 Å². The highest BCUT2D eigenvalue weighted by Gasteiger charge is 2.35. The summed E-state index contributed by atoms with van der Waals surface area (Å²) in [7, 11) is 1.03. The maximum atomic E-state index is 15.1. The number of methoxy groups -OCH3 is 1. The van der Waals surface area contributed by atoms with Crippen LogP contribution >= 0.6 is 0 Å². The van der Waals surface area contributed by atoms with Gasteiger partial charge in [-0.15, -0.1) is 0 Å². The number of morpholine rings is 1. The average molecular weight is 716 g/mol. The molecule has 0 radical (unpaired) electrons. The molecular weight excluding hydrogens is 683 g/mol. The summed E-state index contributed by atoms with van der Waals surface area (Å²) < 4.78 is 109. The Labute approximate surface area is 280 Å². The van der Waals surface area contributed by atoms with Crippen molar-refractivity contribution in [3.05, 3.63) is 94.8 Å². The van der Waals surface area contributed by atoms with Crippen molar-refractivity contribution in [2.24, 2.45) is 0 Å². The number of hydrogen-bond acceptors (Lipinski definition) is 8. The third-order valence-corrected chi connectivity index (χ3v) is 7.55. The van der Waals surface area contributed by atoms with Crippen molar-refractivity contribution in [3.8, 4) is 0 Å². The van der Waals surface area contributed by atoms with E-state index in [1.807, 2.05) is 0 Å². The Morgan fingerprint density at radius 1 is 0.980 bits per heavy atom. The molecule has 3 aromatic rings. The zero-order valence-corrected chi connectivity index (χ0v) is 26.3. The molecule has 50 heavy (non-hydrogen) atoms. The van der Waals surface area contributed by atoms with Gasteiger partial charge in [-0.1, -0.05) is 12.1 Å². The number of nitrogens with zero attached hydrogens (tertiary/aromatic N) is 1. The van der Waals surface area contributed by atoms with Crippen molar-refractivity contribution < 1.29 is 59.3 Å². The van der Waals surface area contributed by atoms with Gasteiger partial charge in [0.1, 0.15) is 29.3 Å². The molecule has 4 N–H and O–H groups in total. The van der Waals surface area contributed by atoms with Crippen LogP contribution in [0.2, 0.25) is 0 Å². The predicted octanol–water partition coefficient (Wildman–Crippen LogP) is 4.71. The maximum absolute atomic E-state index is 15.1. The summed E-state index contributed by atoms with van der Waals surface area (Å²) in [6, 6.07) is 5.10. The standard InChI is InChI=1S/C32H32F7N5O6/c1-48-31(47)44-28(27(17-2-4-19(33)5-3-17)18-8-20(34)10-21(35)9-18)29(45)43-26-14-40-13-25(36)24(26)7-6-23-12-41-22(15-49-23)11-42-30(46)50-16-32(37,38)39/h2-5,8-10,13-14,22-23,27-28,41H,6-7,11-12,15-16H2,1H3,(H,42,46)(H,43,45)(H,44,47)/t22-,23-,27?,28?/m1/s1. The molecular formula is C32H32F7N5O6. The van der Waals surface area contributed by atoms with Crippen molar-refractivity contribution in [1.29, 1.82) is 0 Å². The van der Waals surface area contributed by atoms with E-state index >= 15 is 4.39 Å². The van der Waals surface area contributed by atoms with Crippen LogP contribution < -0.4 is 21.3 Å². The SMILES string of the molecule is COC(=O)NC(C(=O)Nc1cncc(F)c1CC[C@@H]1CN[C@H](CNC(=O)OCC(F)(F)F)CO1)C(c1ccc(F)cc1)c1cc(F)cc(F)c1. The molecule has 0 spiro atoms. The fraction of sp³-hybridized carbons (Fsp3) is 0.375. The lowest BCUT2D eigenvalue weighted by Crippen LogP contribution is -2.51. The maximum Gasteiger partial charge on any atom is 0.422 e. The second kappa shape index (κ2) is 17.1. The average Bonchev–Trinajstić information content (AvgIpc) is 3.06. The number of carbonyl (C=O) groups excluding carboxylic acids is 3. The Morgan fingerprint density at radius 3 is 2.30 bits per heavy atom. The number of aromatic nitrogens is 1. The summed E-state index contributed by atoms with van der Waals surface area (Å²) in [6.07, 6.45) is -5.15. The Hall–Kier alpha value is -4.97. The van der Waals surface area contributed by atoms with Gasteiger partial charge in [0.05, 0.1) is 37.9 Å². The molecule has 0 saturated carbocycles. The topological polar surface area (TPSA) is 140 Å². The molecule has 0 aliphatic carbocycles. The van der Waals surface area contributed by atoms with Crippen LogP contribution in [0.25, 0.3) is 0 Å². The number of benzene rings is 2. The highest BCUT2D eigenvalue weighted by atomic mass is 19.4. The van der Waals surface area contributed by atoms with Crippen LogP contribution in [0.4, 0.5) is 46.0 Å². The number of ether oxygens (including phenoxy) is 3. The van der Waals surface area contributed by atoms with E-state index in [1.165, 1.54) is 18.3 Å². The van der Waals surface area contributed by atoms with Crippen LogP contribution in [0.5, 0.6) is 0 Å². The summed E-state index contributed by atoms with van der Waals surface area (Å²) in [4.78, 5) is 41.6. The zero-order valence-electron chi connectivity index (χ0n) is 26.3. The van der Waals surface area contributed by atoms with Gasteiger partial charge in [-0.3, -0.25) is 9.78 Å². The second-order valence-electron chi connectivity index (χ2n) is 11.2. The largest absolute Gasteiger partial charge is 0.453 e. The summed E-state index contributed by atoms with van der Waals surface area (Å²) in [6.45, 7) is -1.53. The van der Waals surface area contributed by atoms with E-state index in [-0.39, 0.29) is 54.9 Å². The number of amides is 3. The van der Waals surface area contributed by atoms with Crippen LogP contribution in [-0.2, 0) is 25.4 Å². The Morgan fingerprint density at radius 2 is 1.68 bits per heavy atom. The number of hydrogen-bond donors (Lipinski definition) is 4. The zero-order chi connectivity index (χ0) is 36.4. The van der Waals surface area contributed by atoms with E-state index in [0.29, 0.717) is 6.07 Å². The molecule has 0 bridgehead atoms. The number of anilines is 1. The lowest BCUT2D eigenvalue weighted by Gasteiger charge is -2.30.